The second-order valence-electron chi connectivity index (χ2n) is 5.73. The summed E-state index contributed by atoms with van der Waals surface area (Å²) in [6.45, 7) is 14.3. The molecule has 0 aliphatic heterocycles. The van der Waals surface area contributed by atoms with E-state index >= 15 is 0 Å². The maximum absolute atomic E-state index is 13.0. The zero-order chi connectivity index (χ0) is 15.3. The van der Waals surface area contributed by atoms with E-state index in [4.69, 9.17) is 9.05 Å². The molecular formula is C13H29O4PSi. The van der Waals surface area contributed by atoms with Gasteiger partial charge in [0.2, 0.25) is 0 Å². The van der Waals surface area contributed by atoms with Crippen molar-refractivity contribution in [1.29, 1.82) is 0 Å². The van der Waals surface area contributed by atoms with Gasteiger partial charge in [0.15, 0.2) is 0 Å². The van der Waals surface area contributed by atoms with Gasteiger partial charge >= 0.3 is 7.60 Å². The zero-order valence-corrected chi connectivity index (χ0v) is 15.2. The van der Waals surface area contributed by atoms with Gasteiger partial charge in [-0.15, -0.1) is 0 Å². The lowest BCUT2D eigenvalue weighted by Gasteiger charge is -2.29. The quantitative estimate of drug-likeness (QED) is 0.543. The van der Waals surface area contributed by atoms with E-state index in [2.05, 4.69) is 19.6 Å². The van der Waals surface area contributed by atoms with Crippen LogP contribution < -0.4 is 0 Å². The molecule has 0 unspecified atom stereocenters. The highest BCUT2D eigenvalue weighted by molar-refractivity contribution is 7.62. The van der Waals surface area contributed by atoms with Gasteiger partial charge in [-0.25, -0.2) is 0 Å². The molecule has 0 amide bonds. The van der Waals surface area contributed by atoms with Crippen LogP contribution in [0.2, 0.25) is 19.6 Å². The Kier molecular flexibility index (Phi) is 7.77. The van der Waals surface area contributed by atoms with Crippen LogP contribution in [-0.4, -0.2) is 32.5 Å². The molecule has 0 radical (unpaired) electrons. The predicted molar refractivity (Wildman–Crippen MR) is 83.1 cm³/mol. The molecule has 0 aromatic heterocycles. The standard InChI is InChI=1S/C13H29O4PSi/c1-8-16-18(15,17-9-2)13(19(5,6)7)10-11(3)12(4)14/h10-12,14H,8-9H2,1-7H3/b13-10+/t11-,12-/m1/s1. The van der Waals surface area contributed by atoms with E-state index in [0.29, 0.717) is 13.2 Å². The third-order valence-corrected chi connectivity index (χ3v) is 9.32. The monoisotopic (exact) mass is 308 g/mol. The number of hydrogen-bond acceptors (Lipinski definition) is 4. The molecule has 19 heavy (non-hydrogen) atoms. The Bertz CT molecular complexity index is 337. The summed E-state index contributed by atoms with van der Waals surface area (Å²) in [5.41, 5.74) is 0. The van der Waals surface area contributed by atoms with Crippen molar-refractivity contribution in [3.05, 3.63) is 11.0 Å². The largest absolute Gasteiger partial charge is 0.393 e. The molecule has 1 N–H and O–H groups in total. The molecule has 0 heterocycles. The lowest BCUT2D eigenvalue weighted by molar-refractivity contribution is 0.157. The van der Waals surface area contributed by atoms with Crippen molar-refractivity contribution in [3.63, 3.8) is 0 Å². The van der Waals surface area contributed by atoms with E-state index in [9.17, 15) is 9.67 Å². The van der Waals surface area contributed by atoms with Gasteiger partial charge in [-0.3, -0.25) is 4.57 Å². The van der Waals surface area contributed by atoms with Crippen LogP contribution in [0.3, 0.4) is 0 Å². The summed E-state index contributed by atoms with van der Waals surface area (Å²) in [4.78, 5) is 0.775. The Balaban J connectivity index is 5.64. The van der Waals surface area contributed by atoms with Crippen LogP contribution in [0, 0.1) is 5.92 Å². The fourth-order valence-electron chi connectivity index (χ4n) is 1.66. The third kappa shape index (κ3) is 5.92. The summed E-state index contributed by atoms with van der Waals surface area (Å²) in [6.07, 6.45) is 1.41. The number of aliphatic hydroxyl groups is 1. The zero-order valence-electron chi connectivity index (χ0n) is 13.3. The number of rotatable bonds is 8. The van der Waals surface area contributed by atoms with E-state index in [1.165, 1.54) is 0 Å². The third-order valence-electron chi connectivity index (χ3n) is 2.84. The van der Waals surface area contributed by atoms with Gasteiger partial charge in [0.05, 0.1) is 27.4 Å². The molecule has 114 valence electrons. The van der Waals surface area contributed by atoms with Crippen molar-refractivity contribution in [3.8, 4) is 0 Å². The Morgan fingerprint density at radius 2 is 1.63 bits per heavy atom. The fourth-order valence-corrected chi connectivity index (χ4v) is 7.54. The van der Waals surface area contributed by atoms with E-state index in [1.54, 1.807) is 6.92 Å². The fraction of sp³-hybridized carbons (Fsp3) is 0.846. The van der Waals surface area contributed by atoms with E-state index < -0.39 is 21.8 Å². The first-order chi connectivity index (χ1) is 8.58. The minimum atomic E-state index is -3.23. The van der Waals surface area contributed by atoms with Crippen molar-refractivity contribution in [1.82, 2.24) is 0 Å². The first-order valence-corrected chi connectivity index (χ1v) is 11.9. The molecule has 6 heteroatoms. The molecular weight excluding hydrogens is 279 g/mol. The second-order valence-corrected chi connectivity index (χ2v) is 13.2. The summed E-state index contributed by atoms with van der Waals surface area (Å²) in [7, 11) is -5.10. The highest BCUT2D eigenvalue weighted by Gasteiger charge is 2.38. The summed E-state index contributed by atoms with van der Waals surface area (Å²) in [5.74, 6) is -0.0732. The predicted octanol–water partition coefficient (Wildman–Crippen LogP) is 4.03. The van der Waals surface area contributed by atoms with Crippen LogP contribution in [-0.2, 0) is 13.6 Å². The molecule has 0 aromatic carbocycles. The van der Waals surface area contributed by atoms with E-state index in [1.807, 2.05) is 26.8 Å². The van der Waals surface area contributed by atoms with Crippen molar-refractivity contribution in [2.45, 2.75) is 53.4 Å². The molecule has 0 spiro atoms. The minimum absolute atomic E-state index is 0.0732. The van der Waals surface area contributed by atoms with Crippen LogP contribution >= 0.6 is 7.60 Å². The van der Waals surface area contributed by atoms with Crippen molar-refractivity contribution >= 4 is 15.7 Å². The van der Waals surface area contributed by atoms with Crippen LogP contribution in [0.4, 0.5) is 0 Å². The van der Waals surface area contributed by atoms with Crippen LogP contribution in [0.1, 0.15) is 27.7 Å². The van der Waals surface area contributed by atoms with Crippen molar-refractivity contribution in [2.24, 2.45) is 5.92 Å². The summed E-state index contributed by atoms with van der Waals surface area (Å²) >= 11 is 0. The SMILES string of the molecule is CCOP(=O)(OCC)/C(=C\[C@@H](C)[C@@H](C)O)[Si](C)(C)C. The first kappa shape index (κ1) is 19.1. The molecule has 0 saturated carbocycles. The molecule has 4 nitrogen and oxygen atoms in total. The molecule has 0 aliphatic carbocycles. The molecule has 0 aromatic rings. The van der Waals surface area contributed by atoms with E-state index in [-0.39, 0.29) is 5.92 Å². The summed E-state index contributed by atoms with van der Waals surface area (Å²) < 4.78 is 23.9. The topological polar surface area (TPSA) is 55.8 Å². The highest BCUT2D eigenvalue weighted by Crippen LogP contribution is 2.59. The van der Waals surface area contributed by atoms with Gasteiger partial charge in [-0.05, 0) is 20.8 Å². The molecule has 0 fully saturated rings. The Morgan fingerprint density at radius 1 is 1.21 bits per heavy atom. The van der Waals surface area contributed by atoms with Crippen LogP contribution in [0.5, 0.6) is 0 Å². The number of hydrogen-bond donors (Lipinski definition) is 1. The first-order valence-electron chi connectivity index (χ1n) is 6.88. The average molecular weight is 308 g/mol. The van der Waals surface area contributed by atoms with Gasteiger partial charge in [0.25, 0.3) is 0 Å². The molecule has 2 atom stereocenters. The van der Waals surface area contributed by atoms with Gasteiger partial charge in [-0.2, -0.15) is 0 Å². The molecule has 0 saturated heterocycles. The Labute approximate surface area is 118 Å². The van der Waals surface area contributed by atoms with E-state index in [0.717, 1.165) is 4.94 Å². The lowest BCUT2D eigenvalue weighted by Crippen LogP contribution is -2.27. The minimum Gasteiger partial charge on any atom is -0.393 e. The summed E-state index contributed by atoms with van der Waals surface area (Å²) in [6, 6.07) is 0. The van der Waals surface area contributed by atoms with Gasteiger partial charge in [0, 0.05) is 10.9 Å². The van der Waals surface area contributed by atoms with Gasteiger partial charge < -0.3 is 14.2 Å². The average Bonchev–Trinajstić information content (AvgIpc) is 2.24. The lowest BCUT2D eigenvalue weighted by atomic mass is 10.1. The van der Waals surface area contributed by atoms with Crippen LogP contribution in [0.25, 0.3) is 0 Å². The smallest absolute Gasteiger partial charge is 0.353 e. The maximum atomic E-state index is 13.0. The van der Waals surface area contributed by atoms with Gasteiger partial charge in [-0.1, -0.05) is 32.6 Å². The Hall–Kier alpha value is 0.0669. The normalized spacial score (nSPS) is 17.4. The maximum Gasteiger partial charge on any atom is 0.353 e. The number of aliphatic hydroxyl groups excluding tert-OH is 1. The van der Waals surface area contributed by atoms with Crippen molar-refractivity contribution in [2.75, 3.05) is 13.2 Å². The van der Waals surface area contributed by atoms with Crippen molar-refractivity contribution < 1.29 is 18.7 Å². The highest BCUT2D eigenvalue weighted by atomic mass is 31.2. The Morgan fingerprint density at radius 3 is 1.89 bits per heavy atom. The molecule has 0 rings (SSSR count). The van der Waals surface area contributed by atoms with Crippen LogP contribution in [0.15, 0.2) is 11.0 Å². The second kappa shape index (κ2) is 7.74. The summed E-state index contributed by atoms with van der Waals surface area (Å²) in [5, 5.41) is 9.66. The molecule has 0 bridgehead atoms. The molecule has 0 aliphatic rings. The van der Waals surface area contributed by atoms with Gasteiger partial charge in [0.1, 0.15) is 0 Å².